The SMILES string of the molecule is Cc1cc(C)c(C2=C(NC(=O)NCCc3ccc(-c4ncn(-c5ccc(OC(F)(F)F)cc5)n4)cc3)OCC2=O)c(C)c1. The van der Waals surface area contributed by atoms with E-state index in [2.05, 4.69) is 25.5 Å². The van der Waals surface area contributed by atoms with Crippen LogP contribution in [0.1, 0.15) is 27.8 Å². The van der Waals surface area contributed by atoms with Gasteiger partial charge in [0.25, 0.3) is 0 Å². The minimum Gasteiger partial charge on any atom is -0.470 e. The van der Waals surface area contributed by atoms with E-state index >= 15 is 0 Å². The van der Waals surface area contributed by atoms with Crippen LogP contribution in [0.5, 0.6) is 5.75 Å². The average Bonchev–Trinajstić information content (AvgIpc) is 3.56. The molecule has 0 spiro atoms. The van der Waals surface area contributed by atoms with Gasteiger partial charge in [-0.1, -0.05) is 42.0 Å². The van der Waals surface area contributed by atoms with Gasteiger partial charge in [-0.3, -0.25) is 10.1 Å². The number of aryl methyl sites for hydroxylation is 3. The van der Waals surface area contributed by atoms with E-state index in [0.717, 1.165) is 33.4 Å². The third-order valence-corrected chi connectivity index (χ3v) is 6.75. The number of alkyl halides is 3. The maximum atomic E-state index is 12.6. The zero-order chi connectivity index (χ0) is 30.7. The molecule has 0 saturated heterocycles. The Hall–Kier alpha value is -5.13. The molecule has 0 unspecified atom stereocenters. The molecular weight excluding hydrogens is 563 g/mol. The molecule has 5 rings (SSSR count). The van der Waals surface area contributed by atoms with Crippen molar-refractivity contribution in [2.45, 2.75) is 33.6 Å². The Kier molecular flexibility index (Phi) is 8.20. The van der Waals surface area contributed by atoms with Crippen molar-refractivity contribution in [1.82, 2.24) is 25.4 Å². The van der Waals surface area contributed by atoms with Gasteiger partial charge in [0, 0.05) is 12.1 Å². The molecule has 222 valence electrons. The lowest BCUT2D eigenvalue weighted by Gasteiger charge is -2.13. The molecule has 0 fully saturated rings. The molecular formula is C31H28F3N5O4. The fourth-order valence-electron chi connectivity index (χ4n) is 4.94. The van der Waals surface area contributed by atoms with E-state index in [-0.39, 0.29) is 24.0 Å². The van der Waals surface area contributed by atoms with Gasteiger partial charge in [-0.25, -0.2) is 14.5 Å². The molecule has 2 amide bonds. The number of carbonyl (C=O) groups excluding carboxylic acids is 2. The van der Waals surface area contributed by atoms with Crippen molar-refractivity contribution in [3.63, 3.8) is 0 Å². The molecule has 2 heterocycles. The average molecular weight is 592 g/mol. The van der Waals surface area contributed by atoms with E-state index in [9.17, 15) is 22.8 Å². The third-order valence-electron chi connectivity index (χ3n) is 6.75. The topological polar surface area (TPSA) is 107 Å². The van der Waals surface area contributed by atoms with Crippen molar-refractivity contribution in [3.8, 4) is 22.8 Å². The molecule has 0 saturated carbocycles. The van der Waals surface area contributed by atoms with Gasteiger partial charge in [0.15, 0.2) is 12.4 Å². The number of urea groups is 1. The van der Waals surface area contributed by atoms with Crippen LogP contribution in [-0.4, -0.2) is 46.1 Å². The van der Waals surface area contributed by atoms with Crippen LogP contribution in [0, 0.1) is 20.8 Å². The number of hydrogen-bond donors (Lipinski definition) is 2. The number of rotatable bonds is 8. The summed E-state index contributed by atoms with van der Waals surface area (Å²) in [7, 11) is 0. The number of halogens is 3. The molecule has 12 heteroatoms. The summed E-state index contributed by atoms with van der Waals surface area (Å²) < 4.78 is 48.0. The van der Waals surface area contributed by atoms with Crippen molar-refractivity contribution in [2.75, 3.05) is 13.2 Å². The van der Waals surface area contributed by atoms with Gasteiger partial charge in [-0.05, 0) is 73.7 Å². The van der Waals surface area contributed by atoms with Gasteiger partial charge in [-0.2, -0.15) is 0 Å². The Morgan fingerprint density at radius 3 is 2.35 bits per heavy atom. The number of aromatic nitrogens is 3. The van der Waals surface area contributed by atoms with Crippen LogP contribution in [0.25, 0.3) is 22.6 Å². The molecule has 43 heavy (non-hydrogen) atoms. The Labute approximate surface area is 245 Å². The van der Waals surface area contributed by atoms with E-state index in [0.29, 0.717) is 30.1 Å². The molecule has 0 radical (unpaired) electrons. The number of ether oxygens (including phenoxy) is 2. The van der Waals surface area contributed by atoms with Crippen LogP contribution in [0.15, 0.2) is 72.9 Å². The number of ketones is 1. The number of Topliss-reactive ketones (excluding diaryl/α,β-unsaturated/α-hetero) is 1. The summed E-state index contributed by atoms with van der Waals surface area (Å²) in [6.07, 6.45) is -2.75. The van der Waals surface area contributed by atoms with E-state index < -0.39 is 12.4 Å². The highest BCUT2D eigenvalue weighted by atomic mass is 19.4. The normalized spacial score (nSPS) is 13.2. The van der Waals surface area contributed by atoms with Crippen molar-refractivity contribution >= 4 is 17.4 Å². The van der Waals surface area contributed by atoms with Crippen LogP contribution in [0.4, 0.5) is 18.0 Å². The number of nitrogens with one attached hydrogen (secondary N) is 2. The van der Waals surface area contributed by atoms with Crippen molar-refractivity contribution in [2.24, 2.45) is 0 Å². The first-order valence-electron chi connectivity index (χ1n) is 13.4. The first-order chi connectivity index (χ1) is 20.5. The number of benzene rings is 3. The molecule has 3 aromatic carbocycles. The van der Waals surface area contributed by atoms with Crippen molar-refractivity contribution in [3.05, 3.63) is 101 Å². The van der Waals surface area contributed by atoms with E-state index in [4.69, 9.17) is 4.74 Å². The van der Waals surface area contributed by atoms with Crippen LogP contribution in [-0.2, 0) is 16.0 Å². The Balaban J connectivity index is 1.16. The standard InChI is InChI=1S/C31H28F3N5O4/c1-18-14-19(2)26(20(3)15-18)27-25(40)16-42-29(27)37-30(41)35-13-12-21-4-6-22(7-5-21)28-36-17-39(38-28)23-8-10-24(11-9-23)43-31(32,33)34/h4-11,14-15,17H,12-13,16H2,1-3H3,(H2,35,37,41). The highest BCUT2D eigenvalue weighted by Crippen LogP contribution is 2.31. The van der Waals surface area contributed by atoms with E-state index in [1.54, 1.807) is 0 Å². The second-order valence-electron chi connectivity index (χ2n) is 10.1. The maximum absolute atomic E-state index is 12.6. The minimum absolute atomic E-state index is 0.125. The van der Waals surface area contributed by atoms with Crippen molar-refractivity contribution in [1.29, 1.82) is 0 Å². The number of nitrogens with zero attached hydrogens (tertiary/aromatic N) is 3. The van der Waals surface area contributed by atoms with Gasteiger partial charge in [-0.15, -0.1) is 18.3 Å². The Bertz CT molecular complexity index is 1670. The predicted octanol–water partition coefficient (Wildman–Crippen LogP) is 5.57. The van der Waals surface area contributed by atoms with Gasteiger partial charge in [0.1, 0.15) is 12.1 Å². The molecule has 0 bridgehead atoms. The smallest absolute Gasteiger partial charge is 0.470 e. The Morgan fingerprint density at radius 1 is 1.02 bits per heavy atom. The van der Waals surface area contributed by atoms with E-state index in [1.165, 1.54) is 35.3 Å². The first-order valence-corrected chi connectivity index (χ1v) is 13.4. The lowest BCUT2D eigenvalue weighted by atomic mass is 9.92. The molecule has 0 aliphatic carbocycles. The van der Waals surface area contributed by atoms with Gasteiger partial charge >= 0.3 is 12.4 Å². The summed E-state index contributed by atoms with van der Waals surface area (Å²) in [6, 6.07) is 16.3. The monoisotopic (exact) mass is 591 g/mol. The van der Waals surface area contributed by atoms with Crippen LogP contribution in [0.2, 0.25) is 0 Å². The molecule has 2 N–H and O–H groups in total. The van der Waals surface area contributed by atoms with Crippen LogP contribution in [0.3, 0.4) is 0 Å². The van der Waals surface area contributed by atoms with Crippen molar-refractivity contribution < 1.29 is 32.2 Å². The number of hydrogen-bond acceptors (Lipinski definition) is 6. The summed E-state index contributed by atoms with van der Waals surface area (Å²) in [5, 5.41) is 9.88. The van der Waals surface area contributed by atoms with Gasteiger partial charge < -0.3 is 14.8 Å². The molecule has 1 aromatic heterocycles. The number of carbonyl (C=O) groups is 2. The van der Waals surface area contributed by atoms with Crippen LogP contribution >= 0.6 is 0 Å². The fourth-order valence-corrected chi connectivity index (χ4v) is 4.94. The lowest BCUT2D eigenvalue weighted by molar-refractivity contribution is -0.274. The summed E-state index contributed by atoms with van der Waals surface area (Å²) in [6.45, 7) is 6.06. The zero-order valence-electron chi connectivity index (χ0n) is 23.6. The van der Waals surface area contributed by atoms with Gasteiger partial charge in [0.05, 0.1) is 11.3 Å². The minimum atomic E-state index is -4.76. The predicted molar refractivity (Wildman–Crippen MR) is 152 cm³/mol. The van der Waals surface area contributed by atoms with E-state index in [1.807, 2.05) is 57.2 Å². The summed E-state index contributed by atoms with van der Waals surface area (Å²) in [5.41, 5.74) is 6.34. The second kappa shape index (κ2) is 12.0. The Morgan fingerprint density at radius 2 is 1.70 bits per heavy atom. The zero-order valence-corrected chi connectivity index (χ0v) is 23.6. The van der Waals surface area contributed by atoms with Crippen LogP contribution < -0.4 is 15.4 Å². The summed E-state index contributed by atoms with van der Waals surface area (Å²) in [4.78, 5) is 29.5. The summed E-state index contributed by atoms with van der Waals surface area (Å²) >= 11 is 0. The largest absolute Gasteiger partial charge is 0.573 e. The number of amides is 2. The molecule has 4 aromatic rings. The maximum Gasteiger partial charge on any atom is 0.573 e. The molecule has 1 aliphatic heterocycles. The fraction of sp³-hybridized carbons (Fsp3) is 0.226. The van der Waals surface area contributed by atoms with Gasteiger partial charge in [0.2, 0.25) is 11.7 Å². The molecule has 0 atom stereocenters. The second-order valence-corrected chi connectivity index (χ2v) is 10.1. The highest BCUT2D eigenvalue weighted by molar-refractivity contribution is 6.24. The first kappa shape index (κ1) is 29.4. The molecule has 1 aliphatic rings. The highest BCUT2D eigenvalue weighted by Gasteiger charge is 2.31. The third kappa shape index (κ3) is 7.03. The molecule has 9 nitrogen and oxygen atoms in total. The summed E-state index contributed by atoms with van der Waals surface area (Å²) in [5.74, 6) is 0.0851. The lowest BCUT2D eigenvalue weighted by Crippen LogP contribution is -2.36. The quantitative estimate of drug-likeness (QED) is 0.278.